The Morgan fingerprint density at radius 3 is 1.48 bits per heavy atom. The first-order chi connectivity index (χ1) is 14.1. The molecule has 0 aliphatic rings. The van der Waals surface area contributed by atoms with Crippen molar-refractivity contribution in [2.24, 2.45) is 10.8 Å². The van der Waals surface area contributed by atoms with Crippen molar-refractivity contribution in [2.75, 3.05) is 20.3 Å². The van der Waals surface area contributed by atoms with E-state index in [0.29, 0.717) is 11.8 Å². The van der Waals surface area contributed by atoms with Crippen molar-refractivity contribution in [1.29, 1.82) is 0 Å². The van der Waals surface area contributed by atoms with Gasteiger partial charge in [0.25, 0.3) is 0 Å². The molecule has 0 saturated heterocycles. The molecule has 0 heterocycles. The van der Waals surface area contributed by atoms with E-state index in [2.05, 4.69) is 40.7 Å². The zero-order chi connectivity index (χ0) is 26.5. The molecule has 0 atom stereocenters. The molecule has 0 fully saturated rings. The summed E-state index contributed by atoms with van der Waals surface area (Å²) >= 11 is 0. The second-order valence-electron chi connectivity index (χ2n) is 8.52. The van der Waals surface area contributed by atoms with Gasteiger partial charge in [0.1, 0.15) is 12.8 Å². The van der Waals surface area contributed by atoms with Crippen LogP contribution in [0.2, 0.25) is 0 Å². The molecule has 0 bridgehead atoms. The van der Waals surface area contributed by atoms with Gasteiger partial charge in [0, 0.05) is 18.1 Å². The maximum atomic E-state index is 11.4. The van der Waals surface area contributed by atoms with Crippen molar-refractivity contribution in [1.82, 2.24) is 4.90 Å². The van der Waals surface area contributed by atoms with Gasteiger partial charge in [-0.1, -0.05) is 74.0 Å². The summed E-state index contributed by atoms with van der Waals surface area (Å²) in [6, 6.07) is 0. The number of nitrogens with zero attached hydrogens (tertiary/aromatic N) is 1. The van der Waals surface area contributed by atoms with Crippen molar-refractivity contribution >= 4 is 18.7 Å². The average Bonchev–Trinajstić information content (AvgIpc) is 2.69. The van der Waals surface area contributed by atoms with Crippen LogP contribution in [-0.2, 0) is 19.1 Å². The normalized spacial score (nSPS) is 9.94. The van der Waals surface area contributed by atoms with Crippen LogP contribution in [0, 0.1) is 10.8 Å². The number of carbonyl (C=O) groups excluding carboxylic acids is 3. The summed E-state index contributed by atoms with van der Waals surface area (Å²) in [5, 5.41) is 7.00. The number of aldehydes is 1. The number of ether oxygens (including phenoxy) is 1. The van der Waals surface area contributed by atoms with Crippen LogP contribution in [0.1, 0.15) is 96.9 Å². The lowest BCUT2D eigenvalue weighted by molar-refractivity contribution is -0.152. The third-order valence-electron chi connectivity index (χ3n) is 4.04. The van der Waals surface area contributed by atoms with Gasteiger partial charge in [-0.25, -0.2) is 0 Å². The quantitative estimate of drug-likeness (QED) is 0.309. The molecule has 0 radical (unpaired) electrons. The highest BCUT2D eigenvalue weighted by Gasteiger charge is 2.42. The number of esters is 1. The van der Waals surface area contributed by atoms with Gasteiger partial charge in [-0.15, -0.1) is 0 Å². The summed E-state index contributed by atoms with van der Waals surface area (Å²) in [5.74, 6) is -0.477. The molecule has 6 nitrogen and oxygen atoms in total. The molecule has 0 aromatic carbocycles. The number of aliphatic hydroxyl groups excluding tert-OH is 1. The summed E-state index contributed by atoms with van der Waals surface area (Å²) in [4.78, 5) is 34.8. The molecule has 0 aliphatic heterocycles. The van der Waals surface area contributed by atoms with Crippen molar-refractivity contribution in [3.05, 3.63) is 11.6 Å². The van der Waals surface area contributed by atoms with E-state index in [1.54, 1.807) is 34.6 Å². The number of hydrogen-bond donors (Lipinski definition) is 1. The number of rotatable bonds is 7. The van der Waals surface area contributed by atoms with Crippen LogP contribution in [0.5, 0.6) is 0 Å². The van der Waals surface area contributed by atoms with Gasteiger partial charge in [0.05, 0.1) is 6.61 Å². The average molecular weight is 448 g/mol. The summed E-state index contributed by atoms with van der Waals surface area (Å²) in [6.45, 7) is 27.6. The summed E-state index contributed by atoms with van der Waals surface area (Å²) in [6.07, 6.45) is 3.63. The minimum Gasteiger partial charge on any atom is -0.465 e. The Labute approximate surface area is 193 Å². The Morgan fingerprint density at radius 1 is 0.903 bits per heavy atom. The Bertz CT molecular complexity index is 471. The fraction of sp³-hybridized carbons (Fsp3) is 0.800. The molecule has 0 aromatic rings. The van der Waals surface area contributed by atoms with Crippen molar-refractivity contribution in [3.8, 4) is 0 Å². The molecule has 1 N–H and O–H groups in total. The molecule has 0 rings (SSSR count). The highest BCUT2D eigenvalue weighted by Crippen LogP contribution is 2.32. The maximum Gasteiger partial charge on any atom is 0.325 e. The number of carbonyl (C=O) groups is 3. The van der Waals surface area contributed by atoms with E-state index in [1.807, 2.05) is 27.7 Å². The standard InChI is InChI=1S/C12H21NO4.C8H16.2C2H6.CH4O/c1-6-17-10(16)7-13(9-15)12(4,5)11(2,3)8-14;1-7(2)6-8(3,4)5;3*1-2/h8-9H,6-7H2,1-5H3;6H,1-5H3;2*1-2H3;2H,1H3. The van der Waals surface area contributed by atoms with Crippen LogP contribution in [0.25, 0.3) is 0 Å². The number of amides is 1. The van der Waals surface area contributed by atoms with E-state index in [1.165, 1.54) is 10.5 Å². The van der Waals surface area contributed by atoms with Crippen LogP contribution in [-0.4, -0.2) is 54.5 Å². The van der Waals surface area contributed by atoms with Crippen LogP contribution in [0.3, 0.4) is 0 Å². The smallest absolute Gasteiger partial charge is 0.325 e. The topological polar surface area (TPSA) is 83.9 Å². The van der Waals surface area contributed by atoms with E-state index in [9.17, 15) is 14.4 Å². The molecule has 0 aromatic heterocycles. The lowest BCUT2D eigenvalue weighted by atomic mass is 9.74. The van der Waals surface area contributed by atoms with Crippen molar-refractivity contribution < 1.29 is 24.2 Å². The van der Waals surface area contributed by atoms with Crippen molar-refractivity contribution in [3.63, 3.8) is 0 Å². The molecule has 0 spiro atoms. The molecule has 1 amide bonds. The first-order valence-corrected chi connectivity index (χ1v) is 11.1. The van der Waals surface area contributed by atoms with Crippen LogP contribution >= 0.6 is 0 Å². The van der Waals surface area contributed by atoms with Crippen LogP contribution in [0.15, 0.2) is 11.6 Å². The van der Waals surface area contributed by atoms with Gasteiger partial charge in [0.2, 0.25) is 6.41 Å². The van der Waals surface area contributed by atoms with E-state index < -0.39 is 16.9 Å². The number of allylic oxidation sites excluding steroid dienone is 2. The highest BCUT2D eigenvalue weighted by atomic mass is 16.5. The molecular weight excluding hydrogens is 394 g/mol. The number of hydrogen-bond acceptors (Lipinski definition) is 5. The van der Waals surface area contributed by atoms with Gasteiger partial charge in [-0.05, 0) is 40.0 Å². The first-order valence-electron chi connectivity index (χ1n) is 11.1. The van der Waals surface area contributed by atoms with Crippen LogP contribution < -0.4 is 0 Å². The second kappa shape index (κ2) is 21.5. The predicted octanol–water partition coefficient (Wildman–Crippen LogP) is 5.67. The van der Waals surface area contributed by atoms with Crippen LogP contribution in [0.4, 0.5) is 0 Å². The van der Waals surface area contributed by atoms with Gasteiger partial charge in [0.15, 0.2) is 0 Å². The lowest BCUT2D eigenvalue weighted by Crippen LogP contribution is -2.55. The fourth-order valence-corrected chi connectivity index (χ4v) is 2.09. The first kappa shape index (κ1) is 39.7. The maximum absolute atomic E-state index is 11.4. The summed E-state index contributed by atoms with van der Waals surface area (Å²) < 4.78 is 4.79. The number of aliphatic hydroxyl groups is 1. The molecular formula is C25H53NO5. The SMILES string of the molecule is CC.CC.CC(C)=CC(C)(C)C.CCOC(=O)CN(C=O)C(C)(C)C(C)(C)C=O.CO. The van der Waals surface area contributed by atoms with Gasteiger partial charge >= 0.3 is 5.97 Å². The minimum absolute atomic E-state index is 0.151. The van der Waals surface area contributed by atoms with E-state index in [-0.39, 0.29) is 13.2 Å². The monoisotopic (exact) mass is 447 g/mol. The fourth-order valence-electron chi connectivity index (χ4n) is 2.09. The molecule has 0 aliphatic carbocycles. The lowest BCUT2D eigenvalue weighted by Gasteiger charge is -2.44. The van der Waals surface area contributed by atoms with E-state index in [0.717, 1.165) is 13.4 Å². The highest BCUT2D eigenvalue weighted by molar-refractivity contribution is 5.75. The third-order valence-corrected chi connectivity index (χ3v) is 4.04. The predicted molar refractivity (Wildman–Crippen MR) is 133 cm³/mol. The molecule has 31 heavy (non-hydrogen) atoms. The van der Waals surface area contributed by atoms with Crippen molar-refractivity contribution in [2.45, 2.75) is 102 Å². The Balaban J connectivity index is -0.000000134. The Kier molecular flexibility index (Phi) is 27.6. The second-order valence-corrected chi connectivity index (χ2v) is 8.52. The minimum atomic E-state index is -0.761. The largest absolute Gasteiger partial charge is 0.465 e. The molecule has 6 heteroatoms. The molecule has 0 unspecified atom stereocenters. The Morgan fingerprint density at radius 2 is 1.29 bits per heavy atom. The molecule has 188 valence electrons. The van der Waals surface area contributed by atoms with E-state index in [4.69, 9.17) is 9.84 Å². The van der Waals surface area contributed by atoms with Gasteiger partial charge in [-0.3, -0.25) is 9.59 Å². The summed E-state index contributed by atoms with van der Waals surface area (Å²) in [5.41, 5.74) is 0.250. The zero-order valence-electron chi connectivity index (χ0n) is 23.2. The third kappa shape index (κ3) is 21.3. The van der Waals surface area contributed by atoms with Gasteiger partial charge in [-0.2, -0.15) is 0 Å². The summed E-state index contributed by atoms with van der Waals surface area (Å²) in [7, 11) is 1.00. The molecule has 0 saturated carbocycles. The Hall–Kier alpha value is -1.69. The van der Waals surface area contributed by atoms with Gasteiger partial charge < -0.3 is 19.5 Å². The zero-order valence-corrected chi connectivity index (χ0v) is 23.2. The van der Waals surface area contributed by atoms with E-state index >= 15 is 0 Å².